The summed E-state index contributed by atoms with van der Waals surface area (Å²) >= 11 is 0. The topological polar surface area (TPSA) is 101 Å². The lowest BCUT2D eigenvalue weighted by Crippen LogP contribution is -2.38. The molecule has 2 atom stereocenters. The Morgan fingerprint density at radius 1 is 1.15 bits per heavy atom. The summed E-state index contributed by atoms with van der Waals surface area (Å²) in [6, 6.07) is 13.4. The summed E-state index contributed by atoms with van der Waals surface area (Å²) in [5, 5.41) is 18.9. The summed E-state index contributed by atoms with van der Waals surface area (Å²) in [6.45, 7) is 5.96. The molecule has 2 aliphatic carbocycles. The molecule has 2 aliphatic rings. The minimum absolute atomic E-state index is 0.0435. The molecule has 0 saturated heterocycles. The van der Waals surface area contributed by atoms with Crippen LogP contribution in [-0.4, -0.2) is 45.9 Å². The fourth-order valence-electron chi connectivity index (χ4n) is 6.57. The first-order valence-electron chi connectivity index (χ1n) is 13.9. The van der Waals surface area contributed by atoms with E-state index in [1.54, 1.807) is 38.1 Å². The number of para-hydroxylation sites is 1. The summed E-state index contributed by atoms with van der Waals surface area (Å²) in [5.41, 5.74) is 6.69. The van der Waals surface area contributed by atoms with Gasteiger partial charge in [0.2, 0.25) is 10.0 Å². The molecule has 0 bridgehead atoms. The molecule has 0 spiro atoms. The Hall–Kier alpha value is -3.76. The largest absolute Gasteiger partial charge is 0.508 e. The van der Waals surface area contributed by atoms with Gasteiger partial charge in [-0.2, -0.15) is 9.40 Å². The van der Waals surface area contributed by atoms with Crippen molar-refractivity contribution in [3.63, 3.8) is 0 Å². The summed E-state index contributed by atoms with van der Waals surface area (Å²) in [4.78, 5) is 0.113. The first kappa shape index (κ1) is 27.4. The Morgan fingerprint density at radius 2 is 1.90 bits per heavy atom. The molecule has 0 amide bonds. The minimum atomic E-state index is -3.92. The van der Waals surface area contributed by atoms with Gasteiger partial charge in [0.05, 0.1) is 17.6 Å². The molecule has 0 fully saturated rings. The van der Waals surface area contributed by atoms with Gasteiger partial charge in [0.25, 0.3) is 0 Å². The zero-order chi connectivity index (χ0) is 28.9. The molecule has 0 unspecified atom stereocenters. The average Bonchev–Trinajstić information content (AvgIpc) is 3.65. The Bertz CT molecular complexity index is 1720. The number of hydrogen-bond donors (Lipinski definition) is 1. The van der Waals surface area contributed by atoms with Gasteiger partial charge in [-0.3, -0.25) is 0 Å². The number of benzene rings is 2. The summed E-state index contributed by atoms with van der Waals surface area (Å²) in [7, 11) is -3.92. The van der Waals surface area contributed by atoms with Gasteiger partial charge in [0.1, 0.15) is 22.2 Å². The molecular formula is C31H33FN4O4S. The van der Waals surface area contributed by atoms with E-state index in [1.165, 1.54) is 27.6 Å². The van der Waals surface area contributed by atoms with E-state index in [1.807, 2.05) is 23.0 Å². The van der Waals surface area contributed by atoms with Gasteiger partial charge in [-0.05, 0) is 74.9 Å². The van der Waals surface area contributed by atoms with Crippen molar-refractivity contribution in [2.45, 2.75) is 57.3 Å². The van der Waals surface area contributed by atoms with E-state index in [-0.39, 0.29) is 40.6 Å². The third-order valence-corrected chi connectivity index (χ3v) is 10.7. The number of rotatable bonds is 8. The van der Waals surface area contributed by atoms with Crippen LogP contribution in [0.15, 0.2) is 75.3 Å². The van der Waals surface area contributed by atoms with E-state index < -0.39 is 10.0 Å². The van der Waals surface area contributed by atoms with Crippen LogP contribution < -0.4 is 0 Å². The van der Waals surface area contributed by atoms with Crippen molar-refractivity contribution in [1.29, 1.82) is 0 Å². The van der Waals surface area contributed by atoms with Gasteiger partial charge in [-0.1, -0.05) is 41.4 Å². The average molecular weight is 577 g/mol. The van der Waals surface area contributed by atoms with Crippen molar-refractivity contribution in [3.05, 3.63) is 100.0 Å². The number of halogens is 1. The van der Waals surface area contributed by atoms with Crippen LogP contribution in [-0.2, 0) is 22.9 Å². The standard InChI is InChI=1S/C31H33FN4O4S/c1-19-27-17-33-36(26-12-10-25(32)11-13-26)28(27)16-23-8-9-24(30(19)23)18-35(15-14-22-6-4-5-7-29(22)37)41(38,39)31-20(2)34-40-21(31)3/h4-7,10-13,17,19,24,37H,8-9,14-16,18H2,1-3H3/t19-,24+/m0/s1. The summed E-state index contributed by atoms with van der Waals surface area (Å²) in [5.74, 6) is 0.259. The molecule has 2 heterocycles. The molecule has 214 valence electrons. The number of allylic oxidation sites excluding steroid dienone is 1. The van der Waals surface area contributed by atoms with Crippen molar-refractivity contribution < 1.29 is 22.4 Å². The van der Waals surface area contributed by atoms with E-state index in [0.717, 1.165) is 36.2 Å². The van der Waals surface area contributed by atoms with Gasteiger partial charge in [-0.25, -0.2) is 17.5 Å². The molecule has 4 aromatic rings. The van der Waals surface area contributed by atoms with E-state index in [0.29, 0.717) is 24.2 Å². The Kier molecular flexibility index (Phi) is 7.07. The van der Waals surface area contributed by atoms with Crippen LogP contribution in [0.5, 0.6) is 5.75 Å². The van der Waals surface area contributed by atoms with Gasteiger partial charge in [-0.15, -0.1) is 0 Å². The lowest BCUT2D eigenvalue weighted by atomic mass is 9.80. The fraction of sp³-hybridized carbons (Fsp3) is 0.355. The molecule has 2 aromatic carbocycles. The second-order valence-corrected chi connectivity index (χ2v) is 12.9. The normalized spacial score (nSPS) is 18.7. The maximum Gasteiger partial charge on any atom is 0.248 e. The van der Waals surface area contributed by atoms with Crippen LogP contribution in [0.3, 0.4) is 0 Å². The molecule has 0 aliphatic heterocycles. The number of aromatic nitrogens is 3. The number of fused-ring (bicyclic) bond motifs is 1. The van der Waals surface area contributed by atoms with E-state index in [9.17, 15) is 17.9 Å². The monoisotopic (exact) mass is 576 g/mol. The van der Waals surface area contributed by atoms with Crippen LogP contribution >= 0.6 is 0 Å². The van der Waals surface area contributed by atoms with E-state index >= 15 is 0 Å². The maximum absolute atomic E-state index is 14.1. The number of aryl methyl sites for hydroxylation is 2. The van der Waals surface area contributed by atoms with Crippen LogP contribution in [0.4, 0.5) is 4.39 Å². The van der Waals surface area contributed by atoms with Crippen LogP contribution in [0.2, 0.25) is 0 Å². The number of phenolic OH excluding ortho intramolecular Hbond substituents is 1. The Labute approximate surface area is 239 Å². The number of sulfonamides is 1. The van der Waals surface area contributed by atoms with Crippen molar-refractivity contribution >= 4 is 10.0 Å². The predicted molar refractivity (Wildman–Crippen MR) is 152 cm³/mol. The van der Waals surface area contributed by atoms with Gasteiger partial charge in [0.15, 0.2) is 5.76 Å². The van der Waals surface area contributed by atoms with Crippen molar-refractivity contribution in [1.82, 2.24) is 19.2 Å². The number of phenols is 1. The highest BCUT2D eigenvalue weighted by Crippen LogP contribution is 2.47. The van der Waals surface area contributed by atoms with E-state index in [2.05, 4.69) is 17.2 Å². The van der Waals surface area contributed by atoms with Crippen molar-refractivity contribution in [2.24, 2.45) is 5.92 Å². The van der Waals surface area contributed by atoms with Gasteiger partial charge < -0.3 is 9.63 Å². The highest BCUT2D eigenvalue weighted by Gasteiger charge is 2.39. The Morgan fingerprint density at radius 3 is 2.61 bits per heavy atom. The highest BCUT2D eigenvalue weighted by atomic mass is 32.2. The van der Waals surface area contributed by atoms with Gasteiger partial charge >= 0.3 is 0 Å². The molecule has 1 N–H and O–H groups in total. The van der Waals surface area contributed by atoms with Crippen molar-refractivity contribution in [2.75, 3.05) is 13.1 Å². The second kappa shape index (κ2) is 10.6. The lowest BCUT2D eigenvalue weighted by Gasteiger charge is -2.31. The molecule has 10 heteroatoms. The van der Waals surface area contributed by atoms with Crippen molar-refractivity contribution in [3.8, 4) is 11.4 Å². The first-order chi connectivity index (χ1) is 19.6. The molecular weight excluding hydrogens is 543 g/mol. The van der Waals surface area contributed by atoms with Crippen LogP contribution in [0.25, 0.3) is 5.69 Å². The third-order valence-electron chi connectivity index (χ3n) is 8.54. The zero-order valence-corrected chi connectivity index (χ0v) is 24.2. The lowest BCUT2D eigenvalue weighted by molar-refractivity contribution is 0.356. The predicted octanol–water partition coefficient (Wildman–Crippen LogP) is 5.62. The molecule has 0 saturated carbocycles. The minimum Gasteiger partial charge on any atom is -0.508 e. The van der Waals surface area contributed by atoms with E-state index in [4.69, 9.17) is 4.52 Å². The number of nitrogens with zero attached hydrogens (tertiary/aromatic N) is 4. The second-order valence-electron chi connectivity index (χ2n) is 11.0. The molecule has 2 aromatic heterocycles. The highest BCUT2D eigenvalue weighted by molar-refractivity contribution is 7.89. The smallest absolute Gasteiger partial charge is 0.248 e. The molecule has 41 heavy (non-hydrogen) atoms. The van der Waals surface area contributed by atoms with Gasteiger partial charge in [0, 0.05) is 31.0 Å². The SMILES string of the molecule is Cc1noc(C)c1S(=O)(=O)N(CCc1ccccc1O)C[C@H]1CCC2=C1[C@@H](C)c1cnn(-c3ccc(F)cc3)c1C2. The number of aromatic hydroxyl groups is 1. The molecule has 6 rings (SSSR count). The Balaban J connectivity index is 1.31. The quantitative estimate of drug-likeness (QED) is 0.273. The maximum atomic E-state index is 14.1. The third kappa shape index (κ3) is 4.89. The fourth-order valence-corrected chi connectivity index (χ4v) is 8.35. The number of hydrogen-bond acceptors (Lipinski definition) is 6. The zero-order valence-electron chi connectivity index (χ0n) is 23.3. The van der Waals surface area contributed by atoms with Crippen LogP contribution in [0, 0.1) is 25.6 Å². The first-order valence-corrected chi connectivity index (χ1v) is 15.3. The van der Waals surface area contributed by atoms with Crippen LogP contribution in [0.1, 0.15) is 54.0 Å². The molecule has 0 radical (unpaired) electrons. The summed E-state index contributed by atoms with van der Waals surface area (Å²) in [6.07, 6.45) is 4.74. The summed E-state index contributed by atoms with van der Waals surface area (Å²) < 4.78 is 50.3. The molecule has 8 nitrogen and oxygen atoms in total.